The van der Waals surface area contributed by atoms with Crippen molar-refractivity contribution in [1.29, 1.82) is 0 Å². The molecule has 28 heavy (non-hydrogen) atoms. The quantitative estimate of drug-likeness (QED) is 0.510. The van der Waals surface area contributed by atoms with Gasteiger partial charge in [0.05, 0.1) is 19.2 Å². The van der Waals surface area contributed by atoms with Crippen molar-refractivity contribution in [3.63, 3.8) is 0 Å². The van der Waals surface area contributed by atoms with Gasteiger partial charge in [0.15, 0.2) is 0 Å². The second-order valence-electron chi connectivity index (χ2n) is 5.63. The van der Waals surface area contributed by atoms with Crippen LogP contribution >= 0.6 is 0 Å². The average molecular weight is 405 g/mol. The smallest absolute Gasteiger partial charge is 0.365 e. The highest BCUT2D eigenvalue weighted by Gasteiger charge is 2.21. The summed E-state index contributed by atoms with van der Waals surface area (Å²) in [6, 6.07) is 9.99. The van der Waals surface area contributed by atoms with E-state index in [-0.39, 0.29) is 22.8 Å². The van der Waals surface area contributed by atoms with Crippen LogP contribution in [-0.4, -0.2) is 46.8 Å². The Kier molecular flexibility index (Phi) is 5.13. The lowest BCUT2D eigenvalue weighted by Crippen LogP contribution is -2.17. The molecule has 3 N–H and O–H groups in total. The number of aromatic amines is 1. The SMILES string of the molecule is COc1ccc(CC(=O)O)cc1S(=O)(=O)Nc1ccc(-n2nn[nH]c2=O)cc1. The predicted octanol–water partition coefficient (Wildman–Crippen LogP) is 0.392. The van der Waals surface area contributed by atoms with Gasteiger partial charge in [-0.3, -0.25) is 9.52 Å². The number of nitrogens with zero attached hydrogens (tertiary/aromatic N) is 3. The van der Waals surface area contributed by atoms with E-state index in [1.54, 1.807) is 0 Å². The Hall–Kier alpha value is -3.67. The number of H-pyrrole nitrogens is 1. The number of anilines is 1. The maximum Gasteiger partial charge on any atom is 0.365 e. The van der Waals surface area contributed by atoms with Crippen LogP contribution in [0.5, 0.6) is 5.75 Å². The maximum absolute atomic E-state index is 12.8. The molecule has 0 atom stereocenters. The third-order valence-electron chi connectivity index (χ3n) is 3.71. The van der Waals surface area contributed by atoms with Crippen LogP contribution in [0.1, 0.15) is 5.56 Å². The molecule has 2 aromatic carbocycles. The monoisotopic (exact) mass is 405 g/mol. The molecule has 3 aromatic rings. The van der Waals surface area contributed by atoms with E-state index in [0.717, 1.165) is 4.68 Å². The topological polar surface area (TPSA) is 156 Å². The van der Waals surface area contributed by atoms with Crippen molar-refractivity contribution in [1.82, 2.24) is 20.2 Å². The number of carbonyl (C=O) groups is 1. The first-order valence-corrected chi connectivity index (χ1v) is 9.31. The van der Waals surface area contributed by atoms with Crippen molar-refractivity contribution >= 4 is 21.7 Å². The Morgan fingerprint density at radius 3 is 2.54 bits per heavy atom. The first-order chi connectivity index (χ1) is 13.3. The number of benzene rings is 2. The molecule has 0 aliphatic rings. The Morgan fingerprint density at radius 2 is 1.96 bits per heavy atom. The Balaban J connectivity index is 1.90. The largest absolute Gasteiger partial charge is 0.495 e. The van der Waals surface area contributed by atoms with Crippen molar-refractivity contribution in [3.05, 3.63) is 58.5 Å². The van der Waals surface area contributed by atoms with Crippen molar-refractivity contribution in [2.75, 3.05) is 11.8 Å². The number of tetrazole rings is 1. The van der Waals surface area contributed by atoms with Crippen molar-refractivity contribution in [3.8, 4) is 11.4 Å². The zero-order chi connectivity index (χ0) is 20.3. The van der Waals surface area contributed by atoms with Crippen LogP contribution < -0.4 is 15.1 Å². The van der Waals surface area contributed by atoms with E-state index in [1.807, 2.05) is 0 Å². The molecule has 3 rings (SSSR count). The second kappa shape index (κ2) is 7.52. The lowest BCUT2D eigenvalue weighted by molar-refractivity contribution is -0.136. The fourth-order valence-electron chi connectivity index (χ4n) is 2.46. The van der Waals surface area contributed by atoms with Gasteiger partial charge < -0.3 is 9.84 Å². The summed E-state index contributed by atoms with van der Waals surface area (Å²) >= 11 is 0. The summed E-state index contributed by atoms with van der Waals surface area (Å²) < 4.78 is 34.0. The molecule has 1 heterocycles. The summed E-state index contributed by atoms with van der Waals surface area (Å²) in [4.78, 5) is 22.2. The molecule has 146 valence electrons. The molecule has 11 nitrogen and oxygen atoms in total. The van der Waals surface area contributed by atoms with Crippen LogP contribution in [0.2, 0.25) is 0 Å². The van der Waals surface area contributed by atoms with E-state index in [1.165, 1.54) is 49.6 Å². The highest BCUT2D eigenvalue weighted by Crippen LogP contribution is 2.27. The van der Waals surface area contributed by atoms with Crippen LogP contribution in [0.15, 0.2) is 52.2 Å². The first-order valence-electron chi connectivity index (χ1n) is 7.82. The Labute approximate surface area is 158 Å². The number of nitrogens with one attached hydrogen (secondary N) is 2. The van der Waals surface area contributed by atoms with Gasteiger partial charge in [0, 0.05) is 5.69 Å². The molecule has 0 saturated heterocycles. The number of hydrogen-bond donors (Lipinski definition) is 3. The van der Waals surface area contributed by atoms with E-state index in [9.17, 15) is 18.0 Å². The van der Waals surface area contributed by atoms with Crippen molar-refractivity contribution in [2.24, 2.45) is 0 Å². The summed E-state index contributed by atoms with van der Waals surface area (Å²) in [5, 5.41) is 18.0. The Morgan fingerprint density at radius 1 is 1.25 bits per heavy atom. The molecule has 0 unspecified atom stereocenters. The molecule has 0 amide bonds. The van der Waals surface area contributed by atoms with Crippen molar-refractivity contribution < 1.29 is 23.1 Å². The molecule has 12 heteroatoms. The van der Waals surface area contributed by atoms with E-state index in [0.29, 0.717) is 11.3 Å². The maximum atomic E-state index is 12.8. The van der Waals surface area contributed by atoms with Gasteiger partial charge in [0.1, 0.15) is 10.6 Å². The zero-order valence-electron chi connectivity index (χ0n) is 14.5. The van der Waals surface area contributed by atoms with Crippen LogP contribution in [-0.2, 0) is 21.2 Å². The van der Waals surface area contributed by atoms with Gasteiger partial charge in [-0.25, -0.2) is 18.3 Å². The van der Waals surface area contributed by atoms with E-state index >= 15 is 0 Å². The molecule has 0 radical (unpaired) electrons. The number of sulfonamides is 1. The van der Waals surface area contributed by atoms with Gasteiger partial charge in [-0.1, -0.05) is 6.07 Å². The lowest BCUT2D eigenvalue weighted by Gasteiger charge is -2.13. The van der Waals surface area contributed by atoms with Crippen LogP contribution in [0.25, 0.3) is 5.69 Å². The average Bonchev–Trinajstić information content (AvgIpc) is 3.07. The second-order valence-corrected chi connectivity index (χ2v) is 7.28. The zero-order valence-corrected chi connectivity index (χ0v) is 15.3. The standard InChI is InChI=1S/C16H15N5O6S/c1-27-13-7-2-10(9-15(22)23)8-14(13)28(25,26)18-11-3-5-12(6-4-11)21-16(24)17-19-20-21/h2-8,18H,9H2,1H3,(H,22,23)(H,17,20,24). The minimum Gasteiger partial charge on any atom is -0.495 e. The van der Waals surface area contributed by atoms with Crippen LogP contribution in [0, 0.1) is 0 Å². The number of rotatable bonds is 7. The van der Waals surface area contributed by atoms with E-state index in [2.05, 4.69) is 20.2 Å². The number of hydrogen-bond acceptors (Lipinski definition) is 7. The van der Waals surface area contributed by atoms with Gasteiger partial charge in [0.2, 0.25) is 0 Å². The predicted molar refractivity (Wildman–Crippen MR) is 97.1 cm³/mol. The van der Waals surface area contributed by atoms with Gasteiger partial charge >= 0.3 is 11.7 Å². The van der Waals surface area contributed by atoms with Gasteiger partial charge in [-0.05, 0) is 52.4 Å². The minimum atomic E-state index is -4.06. The van der Waals surface area contributed by atoms with Crippen LogP contribution in [0.3, 0.4) is 0 Å². The number of carboxylic acid groups (broad SMARTS) is 1. The Bertz CT molecular complexity index is 1170. The summed E-state index contributed by atoms with van der Waals surface area (Å²) in [5.74, 6) is -1.01. The number of methoxy groups -OCH3 is 1. The fourth-order valence-corrected chi connectivity index (χ4v) is 3.74. The molecule has 0 fully saturated rings. The molecule has 0 aliphatic heterocycles. The molecule has 0 spiro atoms. The van der Waals surface area contributed by atoms with Gasteiger partial charge in [-0.15, -0.1) is 0 Å². The van der Waals surface area contributed by atoms with Crippen LogP contribution in [0.4, 0.5) is 5.69 Å². The number of ether oxygens (including phenoxy) is 1. The molecule has 0 bridgehead atoms. The number of carboxylic acids is 1. The summed E-state index contributed by atoms with van der Waals surface area (Å²) in [6.45, 7) is 0. The highest BCUT2D eigenvalue weighted by atomic mass is 32.2. The third kappa shape index (κ3) is 4.01. The molecular weight excluding hydrogens is 390 g/mol. The number of aromatic nitrogens is 4. The minimum absolute atomic E-state index is 0.0763. The van der Waals surface area contributed by atoms with E-state index in [4.69, 9.17) is 9.84 Å². The number of aliphatic carboxylic acids is 1. The molecule has 0 aliphatic carbocycles. The van der Waals surface area contributed by atoms with Gasteiger partial charge in [-0.2, -0.15) is 4.68 Å². The molecular formula is C16H15N5O6S. The van der Waals surface area contributed by atoms with Crippen molar-refractivity contribution in [2.45, 2.75) is 11.3 Å². The fraction of sp³-hybridized carbons (Fsp3) is 0.125. The normalized spacial score (nSPS) is 11.2. The third-order valence-corrected chi connectivity index (χ3v) is 5.11. The molecule has 1 aromatic heterocycles. The first kappa shape index (κ1) is 19.1. The highest BCUT2D eigenvalue weighted by molar-refractivity contribution is 7.92. The van der Waals surface area contributed by atoms with E-state index < -0.39 is 21.7 Å². The summed E-state index contributed by atoms with van der Waals surface area (Å²) in [7, 11) is -2.74. The summed E-state index contributed by atoms with van der Waals surface area (Å²) in [5.41, 5.74) is 0.400. The van der Waals surface area contributed by atoms with Gasteiger partial charge in [0.25, 0.3) is 10.0 Å². The summed E-state index contributed by atoms with van der Waals surface area (Å²) in [6.07, 6.45) is -0.326. The molecule has 0 saturated carbocycles. The lowest BCUT2D eigenvalue weighted by atomic mass is 10.1.